The van der Waals surface area contributed by atoms with Gasteiger partial charge in [-0.1, -0.05) is 108 Å². The summed E-state index contributed by atoms with van der Waals surface area (Å²) in [5.41, 5.74) is 1.02. The summed E-state index contributed by atoms with van der Waals surface area (Å²) in [4.78, 5) is 12.9. The van der Waals surface area contributed by atoms with Crippen LogP contribution in [0.15, 0.2) is 46.7 Å². The Bertz CT molecular complexity index is 681. The SMILES string of the molecule is CCCCCCCCCCCCCCSc1ccc(C(=O)OCc2ccccc2)s1. The molecule has 0 amide bonds. The number of ether oxygens (including phenoxy) is 1. The van der Waals surface area contributed by atoms with Gasteiger partial charge in [-0.25, -0.2) is 4.79 Å². The first-order chi connectivity index (χ1) is 14.8. The van der Waals surface area contributed by atoms with Crippen molar-refractivity contribution in [3.63, 3.8) is 0 Å². The Hall–Kier alpha value is -1.26. The maximum absolute atomic E-state index is 12.2. The van der Waals surface area contributed by atoms with Crippen molar-refractivity contribution in [2.45, 2.75) is 94.8 Å². The number of carbonyl (C=O) groups is 1. The van der Waals surface area contributed by atoms with Crippen LogP contribution in [-0.4, -0.2) is 11.7 Å². The van der Waals surface area contributed by atoms with Crippen molar-refractivity contribution in [2.24, 2.45) is 0 Å². The predicted molar refractivity (Wildman–Crippen MR) is 132 cm³/mol. The van der Waals surface area contributed by atoms with Gasteiger partial charge in [-0.05, 0) is 29.9 Å². The molecule has 0 radical (unpaired) electrons. The number of esters is 1. The fraction of sp³-hybridized carbons (Fsp3) is 0.577. The fourth-order valence-corrected chi connectivity index (χ4v) is 5.52. The van der Waals surface area contributed by atoms with E-state index in [1.54, 1.807) is 11.3 Å². The molecule has 0 aliphatic heterocycles. The number of benzene rings is 1. The van der Waals surface area contributed by atoms with Crippen LogP contribution in [-0.2, 0) is 11.3 Å². The van der Waals surface area contributed by atoms with Gasteiger partial charge in [-0.2, -0.15) is 0 Å². The zero-order chi connectivity index (χ0) is 21.3. The Kier molecular flexibility index (Phi) is 13.7. The number of carbonyl (C=O) groups excluding carboxylic acids is 1. The molecule has 1 heterocycles. The molecule has 166 valence electrons. The predicted octanol–water partition coefficient (Wildman–Crippen LogP) is 8.90. The Morgan fingerprint density at radius 2 is 1.40 bits per heavy atom. The van der Waals surface area contributed by atoms with Crippen molar-refractivity contribution < 1.29 is 9.53 Å². The molecule has 30 heavy (non-hydrogen) atoms. The zero-order valence-corrected chi connectivity index (χ0v) is 20.2. The molecule has 0 saturated heterocycles. The summed E-state index contributed by atoms with van der Waals surface area (Å²) >= 11 is 3.41. The highest BCUT2D eigenvalue weighted by atomic mass is 32.2. The maximum Gasteiger partial charge on any atom is 0.348 e. The normalized spacial score (nSPS) is 11.0. The van der Waals surface area contributed by atoms with Gasteiger partial charge in [-0.3, -0.25) is 0 Å². The molecular weight excluding hydrogens is 408 g/mol. The summed E-state index contributed by atoms with van der Waals surface area (Å²) in [6.45, 7) is 2.61. The minimum absolute atomic E-state index is 0.221. The van der Waals surface area contributed by atoms with E-state index in [9.17, 15) is 4.79 Å². The van der Waals surface area contributed by atoms with E-state index in [2.05, 4.69) is 13.0 Å². The van der Waals surface area contributed by atoms with Gasteiger partial charge in [0.2, 0.25) is 0 Å². The monoisotopic (exact) mass is 446 g/mol. The molecule has 0 atom stereocenters. The lowest BCUT2D eigenvalue weighted by atomic mass is 10.1. The molecule has 0 saturated carbocycles. The summed E-state index contributed by atoms with van der Waals surface area (Å²) < 4.78 is 6.62. The molecule has 0 fully saturated rings. The van der Waals surface area contributed by atoms with Crippen molar-refractivity contribution in [3.05, 3.63) is 52.9 Å². The second-order valence-corrected chi connectivity index (χ2v) is 10.4. The summed E-state index contributed by atoms with van der Waals surface area (Å²) in [5.74, 6) is 0.914. The van der Waals surface area contributed by atoms with Gasteiger partial charge in [-0.15, -0.1) is 23.1 Å². The van der Waals surface area contributed by atoms with E-state index in [4.69, 9.17) is 4.74 Å². The first-order valence-electron chi connectivity index (χ1n) is 11.7. The quantitative estimate of drug-likeness (QED) is 0.138. The Morgan fingerprint density at radius 1 is 0.800 bits per heavy atom. The molecule has 0 spiro atoms. The van der Waals surface area contributed by atoms with Crippen LogP contribution in [0.25, 0.3) is 0 Å². The van der Waals surface area contributed by atoms with Gasteiger partial charge in [0.05, 0.1) is 4.21 Å². The second-order valence-electron chi connectivity index (χ2n) is 7.92. The molecule has 0 bridgehead atoms. The van der Waals surface area contributed by atoms with E-state index in [0.29, 0.717) is 11.5 Å². The van der Waals surface area contributed by atoms with E-state index in [1.165, 1.54) is 81.3 Å². The second kappa shape index (κ2) is 16.4. The first-order valence-corrected chi connectivity index (χ1v) is 13.5. The van der Waals surface area contributed by atoms with Crippen LogP contribution in [0.3, 0.4) is 0 Å². The van der Waals surface area contributed by atoms with Crippen LogP contribution < -0.4 is 0 Å². The third-order valence-electron chi connectivity index (χ3n) is 5.24. The van der Waals surface area contributed by atoms with E-state index < -0.39 is 0 Å². The minimum Gasteiger partial charge on any atom is -0.457 e. The summed E-state index contributed by atoms with van der Waals surface area (Å²) in [5, 5.41) is 0. The van der Waals surface area contributed by atoms with Crippen molar-refractivity contribution >= 4 is 29.1 Å². The highest BCUT2D eigenvalue weighted by molar-refractivity contribution is 8.01. The summed E-state index contributed by atoms with van der Waals surface area (Å²) in [6.07, 6.45) is 16.6. The van der Waals surface area contributed by atoms with E-state index in [1.807, 2.05) is 48.2 Å². The Labute approximate surface area is 191 Å². The maximum atomic E-state index is 12.2. The third kappa shape index (κ3) is 11.2. The summed E-state index contributed by atoms with van der Waals surface area (Å²) in [7, 11) is 0. The molecule has 1 aromatic carbocycles. The van der Waals surface area contributed by atoms with Gasteiger partial charge < -0.3 is 4.74 Å². The van der Waals surface area contributed by atoms with Crippen LogP contribution in [0.2, 0.25) is 0 Å². The van der Waals surface area contributed by atoms with Crippen molar-refractivity contribution in [1.29, 1.82) is 0 Å². The van der Waals surface area contributed by atoms with E-state index >= 15 is 0 Å². The molecule has 2 aromatic rings. The molecule has 0 N–H and O–H groups in total. The summed E-state index contributed by atoms with van der Waals surface area (Å²) in [6, 6.07) is 13.8. The molecular formula is C26H38O2S2. The topological polar surface area (TPSA) is 26.3 Å². The van der Waals surface area contributed by atoms with Gasteiger partial charge in [0.25, 0.3) is 0 Å². The van der Waals surface area contributed by atoms with Crippen LogP contribution in [0.1, 0.15) is 99.2 Å². The number of thioether (sulfide) groups is 1. The van der Waals surface area contributed by atoms with Gasteiger partial charge in [0, 0.05) is 0 Å². The smallest absolute Gasteiger partial charge is 0.348 e. The van der Waals surface area contributed by atoms with Crippen LogP contribution in [0, 0.1) is 0 Å². The standard InChI is InChI=1S/C26H38O2S2/c1-2-3-4-5-6-7-8-9-10-11-12-16-21-29-25-20-19-24(30-25)26(27)28-22-23-17-14-13-15-18-23/h13-15,17-20H,2-12,16,21-22H2,1H3. The molecule has 0 unspecified atom stereocenters. The molecule has 4 heteroatoms. The fourth-order valence-electron chi connectivity index (χ4n) is 3.42. The number of rotatable bonds is 17. The molecule has 0 aliphatic rings. The van der Waals surface area contributed by atoms with Crippen molar-refractivity contribution in [2.75, 3.05) is 5.75 Å². The molecule has 2 nitrogen and oxygen atoms in total. The van der Waals surface area contributed by atoms with Crippen LogP contribution in [0.4, 0.5) is 0 Å². The zero-order valence-electron chi connectivity index (χ0n) is 18.6. The largest absolute Gasteiger partial charge is 0.457 e. The molecule has 0 aliphatic carbocycles. The minimum atomic E-state index is -0.221. The average Bonchev–Trinajstić information content (AvgIpc) is 3.25. The Balaban J connectivity index is 1.45. The Morgan fingerprint density at radius 3 is 2.03 bits per heavy atom. The number of unbranched alkanes of at least 4 members (excludes halogenated alkanes) is 11. The third-order valence-corrected chi connectivity index (χ3v) is 7.61. The van der Waals surface area contributed by atoms with Crippen molar-refractivity contribution in [3.8, 4) is 0 Å². The number of hydrogen-bond donors (Lipinski definition) is 0. The van der Waals surface area contributed by atoms with Gasteiger partial charge >= 0.3 is 5.97 Å². The lowest BCUT2D eigenvalue weighted by Gasteiger charge is -2.03. The number of hydrogen-bond acceptors (Lipinski definition) is 4. The lowest BCUT2D eigenvalue weighted by Crippen LogP contribution is -2.02. The van der Waals surface area contributed by atoms with Gasteiger partial charge in [0.1, 0.15) is 11.5 Å². The van der Waals surface area contributed by atoms with E-state index in [-0.39, 0.29) is 5.97 Å². The first kappa shape index (κ1) is 25.0. The highest BCUT2D eigenvalue weighted by Gasteiger charge is 2.11. The van der Waals surface area contributed by atoms with E-state index in [0.717, 1.165) is 11.3 Å². The highest BCUT2D eigenvalue weighted by Crippen LogP contribution is 2.29. The van der Waals surface area contributed by atoms with Gasteiger partial charge in [0.15, 0.2) is 0 Å². The average molecular weight is 447 g/mol. The van der Waals surface area contributed by atoms with Crippen LogP contribution >= 0.6 is 23.1 Å². The molecule has 2 rings (SSSR count). The lowest BCUT2D eigenvalue weighted by molar-refractivity contribution is 0.0478. The van der Waals surface area contributed by atoms with Crippen LogP contribution in [0.5, 0.6) is 0 Å². The number of thiophene rings is 1. The molecule has 1 aromatic heterocycles. The van der Waals surface area contributed by atoms with Crippen molar-refractivity contribution in [1.82, 2.24) is 0 Å².